The summed E-state index contributed by atoms with van der Waals surface area (Å²) >= 11 is 0. The van der Waals surface area contributed by atoms with Crippen molar-refractivity contribution in [1.29, 1.82) is 0 Å². The maximum atomic E-state index is 12.1. The van der Waals surface area contributed by atoms with Crippen LogP contribution in [0.2, 0.25) is 0 Å². The summed E-state index contributed by atoms with van der Waals surface area (Å²) in [6, 6.07) is 13.9. The summed E-state index contributed by atoms with van der Waals surface area (Å²) in [6.45, 7) is 4.52. The lowest BCUT2D eigenvalue weighted by Gasteiger charge is -2.18. The molecular weight excluding hydrogens is 340 g/mol. The first kappa shape index (κ1) is 19.0. The number of anilines is 1. The number of hydrogen-bond donors (Lipinski definition) is 2. The van der Waals surface area contributed by atoms with Crippen LogP contribution in [0, 0.1) is 6.92 Å². The van der Waals surface area contributed by atoms with Crippen LogP contribution in [0.3, 0.4) is 0 Å². The number of hydrogen-bond acceptors (Lipinski definition) is 3. The van der Waals surface area contributed by atoms with E-state index in [1.165, 1.54) is 5.56 Å². The molecule has 0 radical (unpaired) electrons. The van der Waals surface area contributed by atoms with E-state index in [1.54, 1.807) is 0 Å². The van der Waals surface area contributed by atoms with Gasteiger partial charge in [0.1, 0.15) is 5.75 Å². The minimum absolute atomic E-state index is 0.00475. The van der Waals surface area contributed by atoms with E-state index in [0.29, 0.717) is 25.9 Å². The number of carbonyl (C=O) groups excluding carboxylic acids is 2. The molecule has 1 unspecified atom stereocenters. The first-order valence-electron chi connectivity index (χ1n) is 9.43. The monoisotopic (exact) mass is 366 g/mol. The van der Waals surface area contributed by atoms with Crippen molar-refractivity contribution in [3.8, 4) is 5.75 Å². The third-order valence-electron chi connectivity index (χ3n) is 4.74. The van der Waals surface area contributed by atoms with Gasteiger partial charge in [0, 0.05) is 18.5 Å². The highest BCUT2D eigenvalue weighted by Gasteiger charge is 2.15. The first-order chi connectivity index (χ1) is 13.0. The molecule has 0 saturated carbocycles. The Morgan fingerprint density at radius 1 is 1.19 bits per heavy atom. The van der Waals surface area contributed by atoms with Crippen molar-refractivity contribution in [2.24, 2.45) is 0 Å². The van der Waals surface area contributed by atoms with Gasteiger partial charge in [-0.3, -0.25) is 9.59 Å². The molecule has 0 spiro atoms. The predicted octanol–water partition coefficient (Wildman–Crippen LogP) is 3.92. The third-order valence-corrected chi connectivity index (χ3v) is 4.74. The summed E-state index contributed by atoms with van der Waals surface area (Å²) in [6.07, 6.45) is 2.32. The molecule has 5 heteroatoms. The summed E-state index contributed by atoms with van der Waals surface area (Å²) in [5.41, 5.74) is 4.27. The summed E-state index contributed by atoms with van der Waals surface area (Å²) < 4.78 is 5.76. The highest BCUT2D eigenvalue weighted by molar-refractivity contribution is 5.94. The maximum Gasteiger partial charge on any atom is 0.224 e. The van der Waals surface area contributed by atoms with Gasteiger partial charge in [-0.15, -0.1) is 0 Å². The molecule has 1 aliphatic heterocycles. The van der Waals surface area contributed by atoms with E-state index in [2.05, 4.69) is 22.8 Å². The Bertz CT molecular complexity index is 815. The van der Waals surface area contributed by atoms with Crippen LogP contribution in [0.25, 0.3) is 0 Å². The van der Waals surface area contributed by atoms with Gasteiger partial charge in [0.15, 0.2) is 0 Å². The predicted molar refractivity (Wildman–Crippen MR) is 106 cm³/mol. The zero-order valence-corrected chi connectivity index (χ0v) is 15.9. The van der Waals surface area contributed by atoms with Crippen LogP contribution < -0.4 is 15.4 Å². The molecule has 2 amide bonds. The molecule has 1 atom stereocenters. The van der Waals surface area contributed by atoms with Crippen LogP contribution in [0.15, 0.2) is 42.5 Å². The fourth-order valence-corrected chi connectivity index (χ4v) is 3.12. The Morgan fingerprint density at radius 3 is 2.74 bits per heavy atom. The van der Waals surface area contributed by atoms with E-state index < -0.39 is 0 Å². The summed E-state index contributed by atoms with van der Waals surface area (Å²) in [7, 11) is 0. The van der Waals surface area contributed by atoms with Crippen molar-refractivity contribution < 1.29 is 14.3 Å². The van der Waals surface area contributed by atoms with Gasteiger partial charge >= 0.3 is 0 Å². The van der Waals surface area contributed by atoms with E-state index in [1.807, 2.05) is 44.2 Å². The van der Waals surface area contributed by atoms with Crippen molar-refractivity contribution in [3.63, 3.8) is 0 Å². The van der Waals surface area contributed by atoms with Crippen molar-refractivity contribution >= 4 is 17.5 Å². The molecule has 1 aliphatic rings. The van der Waals surface area contributed by atoms with Crippen LogP contribution in [0.4, 0.5) is 5.69 Å². The summed E-state index contributed by atoms with van der Waals surface area (Å²) in [5.74, 6) is 0.861. The van der Waals surface area contributed by atoms with Crippen molar-refractivity contribution in [2.75, 3.05) is 11.9 Å². The molecule has 2 aromatic carbocycles. The van der Waals surface area contributed by atoms with Crippen molar-refractivity contribution in [2.45, 2.75) is 45.6 Å². The van der Waals surface area contributed by atoms with Crippen LogP contribution in [-0.2, 0) is 16.0 Å². The smallest absolute Gasteiger partial charge is 0.224 e. The maximum absolute atomic E-state index is 12.1. The minimum Gasteiger partial charge on any atom is -0.494 e. The van der Waals surface area contributed by atoms with Gasteiger partial charge in [-0.1, -0.05) is 29.8 Å². The van der Waals surface area contributed by atoms with Gasteiger partial charge in [-0.05, 0) is 56.0 Å². The largest absolute Gasteiger partial charge is 0.494 e. The zero-order chi connectivity index (χ0) is 19.2. The number of amides is 2. The SMILES string of the molecule is Cc1ccc(C(C)NC(=O)CCCOc2ccc3c(c2)CCC(=O)N3)cc1. The highest BCUT2D eigenvalue weighted by Crippen LogP contribution is 2.26. The zero-order valence-electron chi connectivity index (χ0n) is 15.9. The molecule has 2 aromatic rings. The lowest BCUT2D eigenvalue weighted by Crippen LogP contribution is -2.26. The van der Waals surface area contributed by atoms with Gasteiger partial charge < -0.3 is 15.4 Å². The Kier molecular flexibility index (Phi) is 6.12. The fraction of sp³-hybridized carbons (Fsp3) is 0.364. The van der Waals surface area contributed by atoms with E-state index in [0.717, 1.165) is 29.0 Å². The average Bonchev–Trinajstić information content (AvgIpc) is 2.65. The number of fused-ring (bicyclic) bond motifs is 1. The highest BCUT2D eigenvalue weighted by atomic mass is 16.5. The van der Waals surface area contributed by atoms with E-state index >= 15 is 0 Å². The van der Waals surface area contributed by atoms with Gasteiger partial charge in [-0.25, -0.2) is 0 Å². The second-order valence-corrected chi connectivity index (χ2v) is 7.02. The number of carbonyl (C=O) groups is 2. The fourth-order valence-electron chi connectivity index (χ4n) is 3.12. The van der Waals surface area contributed by atoms with Gasteiger partial charge in [0.05, 0.1) is 12.6 Å². The molecule has 0 fully saturated rings. The van der Waals surface area contributed by atoms with Crippen LogP contribution in [-0.4, -0.2) is 18.4 Å². The van der Waals surface area contributed by atoms with Crippen molar-refractivity contribution in [3.05, 3.63) is 59.2 Å². The number of nitrogens with one attached hydrogen (secondary N) is 2. The molecule has 0 bridgehead atoms. The molecule has 27 heavy (non-hydrogen) atoms. The van der Waals surface area contributed by atoms with Crippen LogP contribution in [0.5, 0.6) is 5.75 Å². The van der Waals surface area contributed by atoms with Crippen LogP contribution >= 0.6 is 0 Å². The second kappa shape index (κ2) is 8.71. The normalized spacial score (nSPS) is 14.1. The summed E-state index contributed by atoms with van der Waals surface area (Å²) in [4.78, 5) is 23.5. The van der Waals surface area contributed by atoms with Gasteiger partial charge in [0.25, 0.3) is 0 Å². The molecule has 0 saturated heterocycles. The lowest BCUT2D eigenvalue weighted by molar-refractivity contribution is -0.122. The Balaban J connectivity index is 1.40. The Labute approximate surface area is 160 Å². The molecule has 3 rings (SSSR count). The molecule has 1 heterocycles. The summed E-state index contributed by atoms with van der Waals surface area (Å²) in [5, 5.41) is 5.88. The van der Waals surface area contributed by atoms with Crippen LogP contribution in [0.1, 0.15) is 48.9 Å². The van der Waals surface area contributed by atoms with Crippen molar-refractivity contribution in [1.82, 2.24) is 5.32 Å². The Hall–Kier alpha value is -2.82. The number of aryl methyl sites for hydroxylation is 2. The second-order valence-electron chi connectivity index (χ2n) is 7.02. The number of rotatable bonds is 7. The lowest BCUT2D eigenvalue weighted by atomic mass is 10.0. The topological polar surface area (TPSA) is 67.4 Å². The minimum atomic E-state index is -0.00475. The number of ether oxygens (including phenoxy) is 1. The van der Waals surface area contributed by atoms with Gasteiger partial charge in [0.2, 0.25) is 11.8 Å². The van der Waals surface area contributed by atoms with E-state index in [9.17, 15) is 9.59 Å². The third kappa shape index (κ3) is 5.33. The quantitative estimate of drug-likeness (QED) is 0.730. The molecule has 0 aliphatic carbocycles. The number of benzene rings is 2. The average molecular weight is 366 g/mol. The Morgan fingerprint density at radius 2 is 1.96 bits per heavy atom. The van der Waals surface area contributed by atoms with E-state index in [4.69, 9.17) is 4.74 Å². The van der Waals surface area contributed by atoms with E-state index in [-0.39, 0.29) is 17.9 Å². The molecular formula is C22H26N2O3. The van der Waals surface area contributed by atoms with Gasteiger partial charge in [-0.2, -0.15) is 0 Å². The molecule has 2 N–H and O–H groups in total. The molecule has 142 valence electrons. The standard InChI is InChI=1S/C22H26N2O3/c1-15-5-7-17(8-6-15)16(2)23-21(25)4-3-13-27-19-10-11-20-18(14-19)9-12-22(26)24-20/h5-8,10-11,14,16H,3-4,9,12-13H2,1-2H3,(H,23,25)(H,24,26). The molecule has 0 aromatic heterocycles. The molecule has 5 nitrogen and oxygen atoms in total. The first-order valence-corrected chi connectivity index (χ1v) is 9.43.